The van der Waals surface area contributed by atoms with Gasteiger partial charge in [0, 0.05) is 23.3 Å². The Morgan fingerprint density at radius 2 is 1.75 bits per heavy atom. The Bertz CT molecular complexity index is 1120. The number of rotatable bonds is 6. The highest BCUT2D eigenvalue weighted by molar-refractivity contribution is 6.33. The lowest BCUT2D eigenvalue weighted by molar-refractivity contribution is -0.384. The predicted molar refractivity (Wildman–Crippen MR) is 95.5 cm³/mol. The number of non-ortho nitro benzene ring substituents is 1. The lowest BCUT2D eigenvalue weighted by Crippen LogP contribution is -1.96. The minimum absolute atomic E-state index is 0.0264. The highest BCUT2D eigenvalue weighted by atomic mass is 35.5. The molecule has 0 bridgehead atoms. The zero-order chi connectivity index (χ0) is 19.5. The summed E-state index contributed by atoms with van der Waals surface area (Å²) in [6.45, 7) is -0.0931. The molecule has 0 amide bonds. The number of nitrogens with zero attached hydrogens (tertiary/aromatic N) is 5. The first kappa shape index (κ1) is 17.6. The Morgan fingerprint density at radius 3 is 2.50 bits per heavy atom. The summed E-state index contributed by atoms with van der Waals surface area (Å²) in [5.41, 5.74) is 1.15. The molecule has 4 aromatic rings. The van der Waals surface area contributed by atoms with Gasteiger partial charge in [0.1, 0.15) is 0 Å². The van der Waals surface area contributed by atoms with E-state index in [-0.39, 0.29) is 35.9 Å². The van der Waals surface area contributed by atoms with Crippen LogP contribution in [0, 0.1) is 10.1 Å². The van der Waals surface area contributed by atoms with Crippen LogP contribution in [0.5, 0.6) is 6.08 Å². The fourth-order valence-corrected chi connectivity index (χ4v) is 2.53. The Balaban J connectivity index is 1.42. The van der Waals surface area contributed by atoms with Gasteiger partial charge in [0.15, 0.2) is 6.61 Å². The van der Waals surface area contributed by atoms with Gasteiger partial charge in [-0.2, -0.15) is 9.97 Å². The van der Waals surface area contributed by atoms with Crippen molar-refractivity contribution in [3.63, 3.8) is 0 Å². The minimum atomic E-state index is -0.486. The SMILES string of the molecule is O=[N+]([O-])c1ccc(-c2noc(COc3nc(-c4ccccc4Cl)no3)n2)cc1. The van der Waals surface area contributed by atoms with Gasteiger partial charge in [-0.25, -0.2) is 0 Å². The van der Waals surface area contributed by atoms with Crippen LogP contribution < -0.4 is 4.74 Å². The molecule has 0 aliphatic heterocycles. The number of aromatic nitrogens is 4. The molecule has 11 heteroatoms. The van der Waals surface area contributed by atoms with Gasteiger partial charge in [0.05, 0.1) is 9.95 Å². The van der Waals surface area contributed by atoms with E-state index in [0.717, 1.165) is 0 Å². The molecule has 140 valence electrons. The van der Waals surface area contributed by atoms with Crippen molar-refractivity contribution < 1.29 is 18.7 Å². The van der Waals surface area contributed by atoms with Crippen molar-refractivity contribution in [1.29, 1.82) is 0 Å². The van der Waals surface area contributed by atoms with Gasteiger partial charge in [-0.05, 0) is 24.3 Å². The van der Waals surface area contributed by atoms with E-state index in [9.17, 15) is 10.1 Å². The van der Waals surface area contributed by atoms with Crippen molar-refractivity contribution in [2.75, 3.05) is 0 Å². The third-order valence-corrected chi connectivity index (χ3v) is 3.98. The molecule has 0 fully saturated rings. The lowest BCUT2D eigenvalue weighted by Gasteiger charge is -1.96. The Kier molecular flexibility index (Phi) is 4.68. The Hall–Kier alpha value is -3.79. The van der Waals surface area contributed by atoms with E-state index >= 15 is 0 Å². The standard InChI is InChI=1S/C17H10ClN5O5/c18-13-4-2-1-3-12(13)16-20-17(28-22-16)26-9-14-19-15(21-27-14)10-5-7-11(8-6-10)23(24)25/h1-8H,9H2. The fraction of sp³-hybridized carbons (Fsp3) is 0.0588. The number of nitro benzene ring substituents is 1. The van der Waals surface area contributed by atoms with E-state index < -0.39 is 4.92 Å². The maximum Gasteiger partial charge on any atom is 0.418 e. The topological polar surface area (TPSA) is 130 Å². The molecule has 0 N–H and O–H groups in total. The van der Waals surface area contributed by atoms with Crippen molar-refractivity contribution in [1.82, 2.24) is 20.3 Å². The number of halogens is 1. The maximum atomic E-state index is 10.7. The van der Waals surface area contributed by atoms with E-state index in [1.165, 1.54) is 24.3 Å². The van der Waals surface area contributed by atoms with Crippen molar-refractivity contribution in [2.45, 2.75) is 6.61 Å². The molecule has 28 heavy (non-hydrogen) atoms. The van der Waals surface area contributed by atoms with E-state index in [1.54, 1.807) is 24.3 Å². The number of hydrogen-bond acceptors (Lipinski definition) is 9. The summed E-state index contributed by atoms with van der Waals surface area (Å²) in [5, 5.41) is 18.8. The largest absolute Gasteiger partial charge is 0.439 e. The van der Waals surface area contributed by atoms with Crippen molar-refractivity contribution >= 4 is 17.3 Å². The summed E-state index contributed by atoms with van der Waals surface area (Å²) >= 11 is 6.10. The van der Waals surface area contributed by atoms with E-state index in [2.05, 4.69) is 20.3 Å². The van der Waals surface area contributed by atoms with Crippen LogP contribution in [-0.2, 0) is 6.61 Å². The van der Waals surface area contributed by atoms with Crippen molar-refractivity contribution in [3.8, 4) is 28.9 Å². The normalized spacial score (nSPS) is 10.8. The molecule has 2 aromatic heterocycles. The highest BCUT2D eigenvalue weighted by Crippen LogP contribution is 2.26. The lowest BCUT2D eigenvalue weighted by atomic mass is 10.2. The molecule has 0 aliphatic rings. The zero-order valence-electron chi connectivity index (χ0n) is 14.0. The molecule has 0 aliphatic carbocycles. The van der Waals surface area contributed by atoms with Crippen LogP contribution in [0.25, 0.3) is 22.8 Å². The second kappa shape index (κ2) is 7.45. The van der Waals surface area contributed by atoms with Gasteiger partial charge in [-0.15, -0.1) is 0 Å². The fourth-order valence-electron chi connectivity index (χ4n) is 2.31. The van der Waals surface area contributed by atoms with Gasteiger partial charge in [-0.3, -0.25) is 14.6 Å². The third-order valence-electron chi connectivity index (χ3n) is 3.65. The molecule has 2 heterocycles. The first-order valence-electron chi connectivity index (χ1n) is 7.89. The van der Waals surface area contributed by atoms with Crippen LogP contribution >= 0.6 is 11.6 Å². The molecular formula is C17H10ClN5O5. The van der Waals surface area contributed by atoms with Crippen molar-refractivity contribution in [3.05, 3.63) is 69.6 Å². The second-order valence-electron chi connectivity index (χ2n) is 5.47. The smallest absolute Gasteiger partial charge is 0.418 e. The second-order valence-corrected chi connectivity index (χ2v) is 5.88. The monoisotopic (exact) mass is 399 g/mol. The summed E-state index contributed by atoms with van der Waals surface area (Å²) in [5.74, 6) is 0.735. The summed E-state index contributed by atoms with van der Waals surface area (Å²) in [4.78, 5) is 18.5. The predicted octanol–water partition coefficient (Wildman–Crippen LogP) is 3.93. The minimum Gasteiger partial charge on any atom is -0.439 e. The van der Waals surface area contributed by atoms with Crippen LogP contribution in [0.4, 0.5) is 5.69 Å². The van der Waals surface area contributed by atoms with Crippen LogP contribution in [-0.4, -0.2) is 25.2 Å². The summed E-state index contributed by atoms with van der Waals surface area (Å²) in [6, 6.07) is 12.8. The summed E-state index contributed by atoms with van der Waals surface area (Å²) < 4.78 is 15.5. The number of ether oxygens (including phenoxy) is 1. The van der Waals surface area contributed by atoms with Gasteiger partial charge >= 0.3 is 6.08 Å². The van der Waals surface area contributed by atoms with Crippen molar-refractivity contribution in [2.24, 2.45) is 0 Å². The van der Waals surface area contributed by atoms with E-state index in [1.807, 2.05) is 0 Å². The average molecular weight is 400 g/mol. The third kappa shape index (κ3) is 3.67. The van der Waals surface area contributed by atoms with Crippen LogP contribution in [0.1, 0.15) is 5.89 Å². The van der Waals surface area contributed by atoms with Gasteiger partial charge in [-0.1, -0.05) is 34.0 Å². The summed E-state index contributed by atoms with van der Waals surface area (Å²) in [6.07, 6.45) is -0.0787. The van der Waals surface area contributed by atoms with Crippen LogP contribution in [0.15, 0.2) is 57.6 Å². The van der Waals surface area contributed by atoms with Crippen LogP contribution in [0.2, 0.25) is 5.02 Å². The first-order chi connectivity index (χ1) is 13.6. The first-order valence-corrected chi connectivity index (χ1v) is 8.27. The Labute approximate surface area is 161 Å². The molecule has 4 rings (SSSR count). The molecule has 0 unspecified atom stereocenters. The molecule has 0 radical (unpaired) electrons. The van der Waals surface area contributed by atoms with E-state index in [0.29, 0.717) is 16.1 Å². The van der Waals surface area contributed by atoms with Crippen LogP contribution in [0.3, 0.4) is 0 Å². The molecule has 10 nitrogen and oxygen atoms in total. The number of hydrogen-bond donors (Lipinski definition) is 0. The summed E-state index contributed by atoms with van der Waals surface area (Å²) in [7, 11) is 0. The molecule has 0 saturated heterocycles. The highest BCUT2D eigenvalue weighted by Gasteiger charge is 2.15. The van der Waals surface area contributed by atoms with Gasteiger partial charge in [0.2, 0.25) is 11.6 Å². The number of benzene rings is 2. The molecule has 2 aromatic carbocycles. The maximum absolute atomic E-state index is 10.7. The molecule has 0 spiro atoms. The Morgan fingerprint density at radius 1 is 1.00 bits per heavy atom. The zero-order valence-corrected chi connectivity index (χ0v) is 14.7. The number of nitro groups is 1. The molecule has 0 saturated carbocycles. The van der Waals surface area contributed by atoms with Gasteiger partial charge in [0.25, 0.3) is 11.6 Å². The molecular weight excluding hydrogens is 390 g/mol. The van der Waals surface area contributed by atoms with Gasteiger partial charge < -0.3 is 9.26 Å². The quantitative estimate of drug-likeness (QED) is 0.349. The molecule has 0 atom stereocenters. The average Bonchev–Trinajstić information content (AvgIpc) is 3.36. The van der Waals surface area contributed by atoms with E-state index in [4.69, 9.17) is 25.4 Å².